The Kier molecular flexibility index (Phi) is 9.25. The van der Waals surface area contributed by atoms with Crippen LogP contribution in [0.15, 0.2) is 68.1 Å². The van der Waals surface area contributed by atoms with Gasteiger partial charge in [-0.15, -0.1) is 0 Å². The second kappa shape index (κ2) is 12.9. The molecule has 0 saturated heterocycles. The van der Waals surface area contributed by atoms with Gasteiger partial charge in [0, 0.05) is 29.8 Å². The largest absolute Gasteiger partial charge is 0.367 e. The molecule has 2 aromatic heterocycles. The minimum atomic E-state index is -0.603. The number of nitrogens with one attached hydrogen (secondary N) is 4. The van der Waals surface area contributed by atoms with Gasteiger partial charge in [-0.25, -0.2) is 0 Å². The third-order valence-electron chi connectivity index (χ3n) is 6.40. The highest BCUT2D eigenvalue weighted by atomic mass is 35.5. The van der Waals surface area contributed by atoms with Crippen molar-refractivity contribution >= 4 is 80.8 Å². The number of rotatable bonds is 6. The number of pyridine rings is 2. The van der Waals surface area contributed by atoms with Gasteiger partial charge >= 0.3 is 0 Å². The lowest BCUT2D eigenvalue weighted by Crippen LogP contribution is -2.16. The van der Waals surface area contributed by atoms with E-state index in [1.165, 1.54) is 0 Å². The van der Waals surface area contributed by atoms with Crippen molar-refractivity contribution in [3.63, 3.8) is 0 Å². The summed E-state index contributed by atoms with van der Waals surface area (Å²) in [7, 11) is 0. The molecule has 4 N–H and O–H groups in total. The maximum atomic E-state index is 13.5. The first kappa shape index (κ1) is 30.1. The molecular formula is C28H20Cl5FN6O2. The first-order valence-electron chi connectivity index (χ1n) is 12.4. The number of halogens is 6. The van der Waals surface area contributed by atoms with Gasteiger partial charge < -0.3 is 20.6 Å². The van der Waals surface area contributed by atoms with E-state index in [4.69, 9.17) is 58.0 Å². The molecule has 0 fully saturated rings. The molecule has 14 heteroatoms. The fraction of sp³-hybridized carbons (Fsp3) is 0.143. The Hall–Kier alpha value is -3.34. The second-order valence-corrected chi connectivity index (χ2v) is 11.2. The van der Waals surface area contributed by atoms with Crippen LogP contribution in [0.3, 0.4) is 0 Å². The quantitative estimate of drug-likeness (QED) is 0.172. The molecule has 6 rings (SSSR count). The maximum absolute atomic E-state index is 13.5. The van der Waals surface area contributed by atoms with Crippen LogP contribution < -0.4 is 21.8 Å². The van der Waals surface area contributed by atoms with E-state index in [0.717, 1.165) is 11.1 Å². The third-order valence-corrected chi connectivity index (χ3v) is 8.20. The zero-order valence-electron chi connectivity index (χ0n) is 21.4. The zero-order chi connectivity index (χ0) is 30.0. The third kappa shape index (κ3) is 6.82. The van der Waals surface area contributed by atoms with Crippen LogP contribution in [-0.4, -0.2) is 21.1 Å². The van der Waals surface area contributed by atoms with Gasteiger partial charge in [-0.05, 0) is 47.5 Å². The number of H-pyrrole nitrogens is 2. The zero-order valence-corrected chi connectivity index (χ0v) is 25.2. The van der Waals surface area contributed by atoms with Gasteiger partial charge in [0.05, 0.1) is 38.7 Å². The predicted octanol–water partition coefficient (Wildman–Crippen LogP) is 7.32. The number of aliphatic imine (C=N–C) groups is 2. The smallest absolute Gasteiger partial charge is 0.255 e. The first-order valence-corrected chi connectivity index (χ1v) is 14.3. The maximum Gasteiger partial charge on any atom is 0.255 e. The van der Waals surface area contributed by atoms with Gasteiger partial charge in [0.15, 0.2) is 0 Å². The number of anilines is 2. The molecule has 4 heterocycles. The van der Waals surface area contributed by atoms with Gasteiger partial charge in [0.1, 0.15) is 16.8 Å². The summed E-state index contributed by atoms with van der Waals surface area (Å²) >= 11 is 29.6. The average molecular weight is 669 g/mol. The number of hydrogen-bond donors (Lipinski definition) is 4. The molecule has 8 nitrogen and oxygen atoms in total. The fourth-order valence-electron chi connectivity index (χ4n) is 4.21. The highest BCUT2D eigenvalue weighted by molar-refractivity contribution is 6.70. The van der Waals surface area contributed by atoms with E-state index < -0.39 is 5.97 Å². The molecule has 0 atom stereocenters. The molecule has 42 heavy (non-hydrogen) atoms. The Labute approximate surface area is 263 Å². The number of hydrogen-bond acceptors (Lipinski definition) is 6. The van der Waals surface area contributed by atoms with E-state index in [2.05, 4.69) is 30.6 Å². The van der Waals surface area contributed by atoms with E-state index in [-0.39, 0.29) is 23.2 Å². The van der Waals surface area contributed by atoms with E-state index >= 15 is 0 Å². The van der Waals surface area contributed by atoms with Gasteiger partial charge in [0.25, 0.3) is 11.1 Å². The molecule has 0 saturated carbocycles. The molecule has 2 aliphatic heterocycles. The molecule has 0 spiro atoms. The molecular weight excluding hydrogens is 649 g/mol. The number of fused-ring (bicyclic) bond motifs is 2. The van der Waals surface area contributed by atoms with Crippen LogP contribution in [-0.2, 0) is 26.2 Å². The van der Waals surface area contributed by atoms with Crippen molar-refractivity contribution in [2.45, 2.75) is 26.2 Å². The van der Waals surface area contributed by atoms with E-state index in [1.807, 2.05) is 12.1 Å². The Morgan fingerprint density at radius 1 is 0.667 bits per heavy atom. The van der Waals surface area contributed by atoms with Crippen molar-refractivity contribution in [1.29, 1.82) is 0 Å². The second-order valence-electron chi connectivity index (χ2n) is 9.23. The SMILES string of the molecule is O=c1[nH]c(NCc2ccc(Cl)c(Cl)c2)cc2c1CN=C2Cl.O=c1[nH]c(NCc2ccc(Cl)c(Cl)c2)cc2c1CN=C2F. The molecule has 2 aliphatic rings. The van der Waals surface area contributed by atoms with Crippen LogP contribution in [0.4, 0.5) is 16.0 Å². The molecule has 4 aromatic rings. The predicted molar refractivity (Wildman–Crippen MR) is 169 cm³/mol. The van der Waals surface area contributed by atoms with Crippen molar-refractivity contribution in [3.8, 4) is 0 Å². The van der Waals surface area contributed by atoms with Crippen LogP contribution in [0.5, 0.6) is 0 Å². The number of aromatic nitrogens is 2. The summed E-state index contributed by atoms with van der Waals surface area (Å²) in [5.41, 5.74) is 3.20. The van der Waals surface area contributed by atoms with Crippen molar-refractivity contribution in [1.82, 2.24) is 9.97 Å². The Bertz CT molecular complexity index is 1740. The van der Waals surface area contributed by atoms with Crippen molar-refractivity contribution in [2.75, 3.05) is 10.6 Å². The summed E-state index contributed by atoms with van der Waals surface area (Å²) < 4.78 is 13.5. The minimum absolute atomic E-state index is 0.0869. The highest BCUT2D eigenvalue weighted by Gasteiger charge is 2.20. The normalized spacial score (nSPS) is 13.0. The summed E-state index contributed by atoms with van der Waals surface area (Å²) in [6, 6.07) is 13.9. The summed E-state index contributed by atoms with van der Waals surface area (Å²) in [5, 5.41) is 8.45. The van der Waals surface area contributed by atoms with E-state index in [0.29, 0.717) is 73.2 Å². The molecule has 2 aromatic carbocycles. The number of aromatic amines is 2. The fourth-order valence-corrected chi connectivity index (χ4v) is 5.08. The monoisotopic (exact) mass is 666 g/mol. The van der Waals surface area contributed by atoms with E-state index in [9.17, 15) is 14.0 Å². The summed E-state index contributed by atoms with van der Waals surface area (Å²) in [4.78, 5) is 36.8. The summed E-state index contributed by atoms with van der Waals surface area (Å²) in [5.74, 6) is 0.408. The Morgan fingerprint density at radius 3 is 1.67 bits per heavy atom. The lowest BCUT2D eigenvalue weighted by Gasteiger charge is -2.09. The molecule has 0 radical (unpaired) electrons. The van der Waals surface area contributed by atoms with Gasteiger partial charge in [-0.1, -0.05) is 70.1 Å². The molecule has 216 valence electrons. The molecule has 0 aliphatic carbocycles. The lowest BCUT2D eigenvalue weighted by molar-refractivity contribution is 0.805. The van der Waals surface area contributed by atoms with Gasteiger partial charge in [-0.2, -0.15) is 4.39 Å². The molecule has 0 unspecified atom stereocenters. The lowest BCUT2D eigenvalue weighted by atomic mass is 10.1. The van der Waals surface area contributed by atoms with Crippen LogP contribution in [0.1, 0.15) is 33.4 Å². The van der Waals surface area contributed by atoms with Crippen molar-refractivity contribution in [3.05, 3.63) is 123 Å². The van der Waals surface area contributed by atoms with Crippen LogP contribution in [0, 0.1) is 0 Å². The number of benzene rings is 2. The molecule has 0 bridgehead atoms. The average Bonchev–Trinajstić information content (AvgIpc) is 3.53. The van der Waals surface area contributed by atoms with Crippen LogP contribution in [0.25, 0.3) is 0 Å². The standard InChI is InChI=1S/C14H10Cl3N3O.C14H10Cl2FN3O/c2*15-10-2-1-7(3-11(10)16)5-18-12-4-8-9(14(21)20-12)6-19-13(8)17/h2*1-4H,5-6H2,(H2,18,20,21). The minimum Gasteiger partial charge on any atom is -0.367 e. The summed E-state index contributed by atoms with van der Waals surface area (Å²) in [6.45, 7) is 1.34. The molecule has 0 amide bonds. The van der Waals surface area contributed by atoms with Gasteiger partial charge in [-0.3, -0.25) is 19.6 Å². The van der Waals surface area contributed by atoms with Crippen molar-refractivity contribution < 1.29 is 4.39 Å². The Balaban J connectivity index is 0.000000168. The van der Waals surface area contributed by atoms with Gasteiger partial charge in [0.2, 0.25) is 5.97 Å². The van der Waals surface area contributed by atoms with Crippen LogP contribution in [0.2, 0.25) is 20.1 Å². The summed E-state index contributed by atoms with van der Waals surface area (Å²) in [6.07, 6.45) is 0. The number of nitrogens with zero attached hydrogens (tertiary/aromatic N) is 2. The van der Waals surface area contributed by atoms with E-state index in [1.54, 1.807) is 36.4 Å². The topological polar surface area (TPSA) is 114 Å². The highest BCUT2D eigenvalue weighted by Crippen LogP contribution is 2.25. The first-order chi connectivity index (χ1) is 20.1. The van der Waals surface area contributed by atoms with Crippen molar-refractivity contribution in [2.24, 2.45) is 9.98 Å². The van der Waals surface area contributed by atoms with Crippen LogP contribution >= 0.6 is 58.0 Å². The Morgan fingerprint density at radius 2 is 1.14 bits per heavy atom.